The van der Waals surface area contributed by atoms with Gasteiger partial charge in [0.2, 0.25) is 0 Å². The summed E-state index contributed by atoms with van der Waals surface area (Å²) in [6.07, 6.45) is 10.0. The van der Waals surface area contributed by atoms with Crippen LogP contribution in [-0.4, -0.2) is 11.9 Å². The Morgan fingerprint density at radius 1 is 0.639 bits per heavy atom. The van der Waals surface area contributed by atoms with Crippen LogP contribution in [0.5, 0.6) is 0 Å². The number of hydrogen-bond donors (Lipinski definition) is 0. The number of carbonyl (C=O) groups excluding carboxylic acids is 2. The molecule has 0 amide bonds. The summed E-state index contributed by atoms with van der Waals surface area (Å²) < 4.78 is 10.4. The van der Waals surface area contributed by atoms with Gasteiger partial charge in [-0.2, -0.15) is 0 Å². The van der Waals surface area contributed by atoms with Gasteiger partial charge in [-0.3, -0.25) is 0 Å². The molecule has 1 saturated carbocycles. The third-order valence-electron chi connectivity index (χ3n) is 7.13. The molecule has 0 spiro atoms. The lowest BCUT2D eigenvalue weighted by Crippen LogP contribution is -2.15. The first-order chi connectivity index (χ1) is 17.3. The van der Waals surface area contributed by atoms with E-state index in [0.717, 1.165) is 35.8 Å². The van der Waals surface area contributed by atoms with E-state index in [0.29, 0.717) is 24.4 Å². The standard InChI is InChI=1S/C32H40O4/c1-23(2)31(33)35-21-29-17-13-27(14-18-29)11-9-25-5-7-26(8-6-25)10-12-28-15-19-30(20-16-28)22-36-32(34)24(3)4/h13-20,25-26H,1,3,5-12,21-22H2,2,4H3. The van der Waals surface area contributed by atoms with Gasteiger partial charge in [0, 0.05) is 11.1 Å². The molecular formula is C32H40O4. The molecule has 1 aliphatic carbocycles. The number of ether oxygens (including phenoxy) is 2. The highest BCUT2D eigenvalue weighted by atomic mass is 16.5. The average molecular weight is 489 g/mol. The lowest BCUT2D eigenvalue weighted by atomic mass is 9.77. The van der Waals surface area contributed by atoms with Crippen molar-refractivity contribution < 1.29 is 19.1 Å². The Labute approximate surface area is 216 Å². The molecule has 4 heteroatoms. The first-order valence-electron chi connectivity index (χ1n) is 13.1. The fourth-order valence-electron chi connectivity index (χ4n) is 4.70. The van der Waals surface area contributed by atoms with Gasteiger partial charge in [0.25, 0.3) is 0 Å². The molecule has 0 unspecified atom stereocenters. The minimum atomic E-state index is -0.341. The van der Waals surface area contributed by atoms with Crippen LogP contribution in [0.1, 0.15) is 74.6 Å². The van der Waals surface area contributed by atoms with Crippen molar-refractivity contribution in [1.82, 2.24) is 0 Å². The maximum atomic E-state index is 11.5. The molecule has 36 heavy (non-hydrogen) atoms. The Bertz CT molecular complexity index is 939. The smallest absolute Gasteiger partial charge is 0.333 e. The van der Waals surface area contributed by atoms with Gasteiger partial charge < -0.3 is 9.47 Å². The quantitative estimate of drug-likeness (QED) is 0.232. The van der Waals surface area contributed by atoms with Crippen molar-refractivity contribution in [3.63, 3.8) is 0 Å². The predicted molar refractivity (Wildman–Crippen MR) is 144 cm³/mol. The Morgan fingerprint density at radius 2 is 0.944 bits per heavy atom. The van der Waals surface area contributed by atoms with E-state index in [4.69, 9.17) is 9.47 Å². The molecule has 3 rings (SSSR count). The van der Waals surface area contributed by atoms with Gasteiger partial charge in [0.05, 0.1) is 0 Å². The zero-order valence-corrected chi connectivity index (χ0v) is 21.9. The molecule has 1 fully saturated rings. The van der Waals surface area contributed by atoms with Crippen LogP contribution in [0.15, 0.2) is 72.8 Å². The van der Waals surface area contributed by atoms with Crippen molar-refractivity contribution in [2.45, 2.75) is 78.4 Å². The number of esters is 2. The van der Waals surface area contributed by atoms with Crippen molar-refractivity contribution >= 4 is 11.9 Å². The zero-order chi connectivity index (χ0) is 25.9. The van der Waals surface area contributed by atoms with Crippen LogP contribution >= 0.6 is 0 Å². The average Bonchev–Trinajstić information content (AvgIpc) is 2.89. The normalized spacial score (nSPS) is 17.3. The number of aryl methyl sites for hydroxylation is 2. The molecule has 2 aromatic rings. The lowest BCUT2D eigenvalue weighted by molar-refractivity contribution is -0.141. The first kappa shape index (κ1) is 27.4. The number of carbonyl (C=O) groups is 2. The molecule has 0 N–H and O–H groups in total. The van der Waals surface area contributed by atoms with Crippen LogP contribution in [0.2, 0.25) is 0 Å². The second-order valence-electron chi connectivity index (χ2n) is 10.3. The molecule has 4 nitrogen and oxygen atoms in total. The maximum Gasteiger partial charge on any atom is 0.333 e. The second kappa shape index (κ2) is 13.8. The zero-order valence-electron chi connectivity index (χ0n) is 21.9. The fourth-order valence-corrected chi connectivity index (χ4v) is 4.70. The van der Waals surface area contributed by atoms with Crippen molar-refractivity contribution in [3.8, 4) is 0 Å². The van der Waals surface area contributed by atoms with E-state index in [-0.39, 0.29) is 11.9 Å². The van der Waals surface area contributed by atoms with Gasteiger partial charge >= 0.3 is 11.9 Å². The molecular weight excluding hydrogens is 448 g/mol. The highest BCUT2D eigenvalue weighted by Gasteiger charge is 2.21. The predicted octanol–water partition coefficient (Wildman–Crippen LogP) is 7.30. The Hall–Kier alpha value is -3.14. The van der Waals surface area contributed by atoms with Crippen LogP contribution in [0.25, 0.3) is 0 Å². The fraction of sp³-hybridized carbons (Fsp3) is 0.438. The lowest BCUT2D eigenvalue weighted by Gasteiger charge is -2.28. The van der Waals surface area contributed by atoms with Crippen LogP contribution in [0, 0.1) is 11.8 Å². The van der Waals surface area contributed by atoms with Crippen molar-refractivity contribution in [1.29, 1.82) is 0 Å². The summed E-state index contributed by atoms with van der Waals surface area (Å²) in [5.41, 5.74) is 5.57. The van der Waals surface area contributed by atoms with Crippen LogP contribution in [0.3, 0.4) is 0 Å². The van der Waals surface area contributed by atoms with Gasteiger partial charge in [0.1, 0.15) is 13.2 Å². The van der Waals surface area contributed by atoms with Crippen LogP contribution in [0.4, 0.5) is 0 Å². The maximum absolute atomic E-state index is 11.5. The number of benzene rings is 2. The molecule has 0 heterocycles. The Balaban J connectivity index is 1.31. The summed E-state index contributed by atoms with van der Waals surface area (Å²) in [6.45, 7) is 11.1. The summed E-state index contributed by atoms with van der Waals surface area (Å²) in [5.74, 6) is 0.954. The first-order valence-corrected chi connectivity index (χ1v) is 13.1. The third-order valence-corrected chi connectivity index (χ3v) is 7.13. The van der Waals surface area contributed by atoms with Crippen LogP contribution in [-0.2, 0) is 45.1 Å². The molecule has 0 aromatic heterocycles. The van der Waals surface area contributed by atoms with Gasteiger partial charge in [-0.25, -0.2) is 9.59 Å². The van der Waals surface area contributed by atoms with Crippen molar-refractivity contribution in [2.75, 3.05) is 0 Å². The molecule has 0 bridgehead atoms. The minimum absolute atomic E-state index is 0.297. The van der Waals surface area contributed by atoms with E-state index < -0.39 is 0 Å². The van der Waals surface area contributed by atoms with Gasteiger partial charge in [0.15, 0.2) is 0 Å². The molecule has 1 aliphatic rings. The summed E-state index contributed by atoms with van der Waals surface area (Å²) in [6, 6.07) is 16.9. The van der Waals surface area contributed by atoms with Crippen molar-refractivity contribution in [3.05, 3.63) is 95.1 Å². The number of rotatable bonds is 12. The highest BCUT2D eigenvalue weighted by molar-refractivity contribution is 5.87. The van der Waals surface area contributed by atoms with Gasteiger partial charge in [-0.05, 0) is 73.6 Å². The van der Waals surface area contributed by atoms with E-state index in [1.807, 2.05) is 0 Å². The van der Waals surface area contributed by atoms with Gasteiger partial charge in [-0.15, -0.1) is 0 Å². The largest absolute Gasteiger partial charge is 0.457 e. The summed E-state index contributed by atoms with van der Waals surface area (Å²) >= 11 is 0. The Kier molecular flexibility index (Phi) is 10.5. The van der Waals surface area contributed by atoms with Crippen LogP contribution < -0.4 is 0 Å². The van der Waals surface area contributed by atoms with E-state index in [1.165, 1.54) is 49.7 Å². The summed E-state index contributed by atoms with van der Waals surface area (Å²) in [5, 5.41) is 0. The third kappa shape index (κ3) is 9.14. The second-order valence-corrected chi connectivity index (χ2v) is 10.3. The van der Waals surface area contributed by atoms with E-state index in [9.17, 15) is 9.59 Å². The monoisotopic (exact) mass is 488 g/mol. The Morgan fingerprint density at radius 3 is 1.25 bits per heavy atom. The molecule has 0 saturated heterocycles. The SMILES string of the molecule is C=C(C)C(=O)OCc1ccc(CCC2CCC(CCc3ccc(COC(=O)C(=C)C)cc3)CC2)cc1. The molecule has 0 aliphatic heterocycles. The summed E-state index contributed by atoms with van der Waals surface area (Å²) in [7, 11) is 0. The van der Waals surface area contributed by atoms with E-state index >= 15 is 0 Å². The summed E-state index contributed by atoms with van der Waals surface area (Å²) in [4.78, 5) is 23.1. The van der Waals surface area contributed by atoms with E-state index in [1.54, 1.807) is 13.8 Å². The van der Waals surface area contributed by atoms with Gasteiger partial charge in [-0.1, -0.05) is 87.4 Å². The highest BCUT2D eigenvalue weighted by Crippen LogP contribution is 2.34. The van der Waals surface area contributed by atoms with Crippen molar-refractivity contribution in [2.24, 2.45) is 11.8 Å². The molecule has 0 radical (unpaired) electrons. The molecule has 192 valence electrons. The van der Waals surface area contributed by atoms with E-state index in [2.05, 4.69) is 61.7 Å². The molecule has 2 aromatic carbocycles. The molecule has 0 atom stereocenters. The number of hydrogen-bond acceptors (Lipinski definition) is 4. The minimum Gasteiger partial charge on any atom is -0.457 e. The topological polar surface area (TPSA) is 52.6 Å².